The summed E-state index contributed by atoms with van der Waals surface area (Å²) in [5.74, 6) is 0.611. The van der Waals surface area contributed by atoms with E-state index in [-0.39, 0.29) is 5.70 Å². The van der Waals surface area contributed by atoms with Crippen molar-refractivity contribution >= 4 is 33.9 Å². The maximum atomic E-state index is 12.1. The van der Waals surface area contributed by atoms with Gasteiger partial charge >= 0.3 is 5.97 Å². The maximum Gasteiger partial charge on any atom is 0.363 e. The van der Waals surface area contributed by atoms with Crippen LogP contribution in [0.1, 0.15) is 23.6 Å². The SMILES string of the molecule is C=C(C)COc1ccc(/C=C2\N=C(c3ccc(Br)c(C)c3)OC2=O)cc1. The van der Waals surface area contributed by atoms with Crippen LogP contribution in [0.15, 0.2) is 69.8 Å². The summed E-state index contributed by atoms with van der Waals surface area (Å²) in [6, 6.07) is 13.1. The van der Waals surface area contributed by atoms with Gasteiger partial charge in [0.2, 0.25) is 5.90 Å². The minimum atomic E-state index is -0.455. The Bertz CT molecular complexity index is 927. The number of nitrogens with zero attached hydrogens (tertiary/aromatic N) is 1. The lowest BCUT2D eigenvalue weighted by molar-refractivity contribution is -0.129. The lowest BCUT2D eigenvalue weighted by Gasteiger charge is -2.05. The first-order valence-electron chi connectivity index (χ1n) is 8.09. The van der Waals surface area contributed by atoms with Crippen LogP contribution in [0.5, 0.6) is 5.75 Å². The summed E-state index contributed by atoms with van der Waals surface area (Å²) in [5, 5.41) is 0. The molecule has 0 saturated heterocycles. The molecule has 3 rings (SSSR count). The van der Waals surface area contributed by atoms with Crippen molar-refractivity contribution in [2.24, 2.45) is 4.99 Å². The highest BCUT2D eigenvalue weighted by Crippen LogP contribution is 2.23. The number of esters is 1. The topological polar surface area (TPSA) is 47.9 Å². The van der Waals surface area contributed by atoms with Crippen LogP contribution in [-0.4, -0.2) is 18.5 Å². The Morgan fingerprint density at radius 1 is 1.27 bits per heavy atom. The van der Waals surface area contributed by atoms with E-state index in [1.807, 2.05) is 56.3 Å². The second-order valence-corrected chi connectivity index (χ2v) is 6.97. The molecule has 0 aliphatic carbocycles. The van der Waals surface area contributed by atoms with Crippen molar-refractivity contribution in [1.29, 1.82) is 0 Å². The number of ether oxygens (including phenoxy) is 2. The van der Waals surface area contributed by atoms with Crippen molar-refractivity contribution in [3.05, 3.63) is 81.5 Å². The quantitative estimate of drug-likeness (QED) is 0.392. The van der Waals surface area contributed by atoms with Gasteiger partial charge in [-0.25, -0.2) is 9.79 Å². The third-order valence-corrected chi connectivity index (χ3v) is 4.58. The van der Waals surface area contributed by atoms with Gasteiger partial charge in [-0.1, -0.05) is 34.6 Å². The first-order valence-corrected chi connectivity index (χ1v) is 8.88. The number of cyclic esters (lactones) is 1. The number of aliphatic imine (C=N–C) groups is 1. The van der Waals surface area contributed by atoms with E-state index in [2.05, 4.69) is 27.5 Å². The number of benzene rings is 2. The third kappa shape index (κ3) is 4.29. The Labute approximate surface area is 161 Å². The standard InChI is InChI=1S/C21H18BrNO3/c1-13(2)12-25-17-7-4-15(5-8-17)11-19-21(24)26-20(23-19)16-6-9-18(22)14(3)10-16/h4-11H,1,12H2,2-3H3/b19-11-. The molecule has 26 heavy (non-hydrogen) atoms. The van der Waals surface area contributed by atoms with Crippen LogP contribution in [0, 0.1) is 6.92 Å². The van der Waals surface area contributed by atoms with Gasteiger partial charge in [-0.05, 0) is 67.0 Å². The zero-order valence-electron chi connectivity index (χ0n) is 14.6. The minimum Gasteiger partial charge on any atom is -0.489 e. The first-order chi connectivity index (χ1) is 12.4. The van der Waals surface area contributed by atoms with Gasteiger partial charge in [-0.15, -0.1) is 0 Å². The molecule has 1 aliphatic rings. The molecule has 0 bridgehead atoms. The number of halogens is 1. The summed E-state index contributed by atoms with van der Waals surface area (Å²) in [6.45, 7) is 8.16. The molecule has 1 heterocycles. The van der Waals surface area contributed by atoms with Crippen LogP contribution in [0.4, 0.5) is 0 Å². The van der Waals surface area contributed by atoms with Crippen LogP contribution in [0.2, 0.25) is 0 Å². The number of hydrogen-bond donors (Lipinski definition) is 0. The average Bonchev–Trinajstić information content (AvgIpc) is 2.97. The highest BCUT2D eigenvalue weighted by molar-refractivity contribution is 9.10. The van der Waals surface area contributed by atoms with Crippen LogP contribution in [0.25, 0.3) is 6.08 Å². The molecule has 0 unspecified atom stereocenters. The monoisotopic (exact) mass is 411 g/mol. The zero-order chi connectivity index (χ0) is 18.7. The molecule has 1 aliphatic heterocycles. The molecule has 2 aromatic carbocycles. The smallest absolute Gasteiger partial charge is 0.363 e. The highest BCUT2D eigenvalue weighted by Gasteiger charge is 2.24. The number of carbonyl (C=O) groups is 1. The molecule has 0 aromatic heterocycles. The molecule has 0 amide bonds. The third-order valence-electron chi connectivity index (χ3n) is 3.69. The predicted octanol–water partition coefficient (Wildman–Crippen LogP) is 5.06. The van der Waals surface area contributed by atoms with Crippen molar-refractivity contribution in [3.8, 4) is 5.75 Å². The zero-order valence-corrected chi connectivity index (χ0v) is 16.2. The predicted molar refractivity (Wildman–Crippen MR) is 106 cm³/mol. The van der Waals surface area contributed by atoms with E-state index in [4.69, 9.17) is 9.47 Å². The van der Waals surface area contributed by atoms with Gasteiger partial charge in [0.1, 0.15) is 12.4 Å². The van der Waals surface area contributed by atoms with E-state index < -0.39 is 5.97 Å². The fourth-order valence-electron chi connectivity index (χ4n) is 2.34. The summed E-state index contributed by atoms with van der Waals surface area (Å²) in [6.07, 6.45) is 1.70. The van der Waals surface area contributed by atoms with Gasteiger partial charge in [0.15, 0.2) is 5.70 Å². The molecule has 132 valence electrons. The molecule has 0 fully saturated rings. The van der Waals surface area contributed by atoms with Gasteiger partial charge in [-0.2, -0.15) is 0 Å². The number of aryl methyl sites for hydroxylation is 1. The maximum absolute atomic E-state index is 12.1. The average molecular weight is 412 g/mol. The fourth-order valence-corrected chi connectivity index (χ4v) is 2.58. The molecule has 0 spiro atoms. The van der Waals surface area contributed by atoms with Crippen molar-refractivity contribution in [2.75, 3.05) is 6.61 Å². The van der Waals surface area contributed by atoms with Crippen molar-refractivity contribution < 1.29 is 14.3 Å². The van der Waals surface area contributed by atoms with Crippen molar-refractivity contribution in [1.82, 2.24) is 0 Å². The normalized spacial score (nSPS) is 15.0. The molecule has 0 N–H and O–H groups in total. The summed E-state index contributed by atoms with van der Waals surface area (Å²) < 4.78 is 11.9. The van der Waals surface area contributed by atoms with Crippen LogP contribution >= 0.6 is 15.9 Å². The lowest BCUT2D eigenvalue weighted by Crippen LogP contribution is -2.05. The van der Waals surface area contributed by atoms with Crippen LogP contribution in [-0.2, 0) is 9.53 Å². The van der Waals surface area contributed by atoms with Gasteiger partial charge in [0, 0.05) is 10.0 Å². The molecular weight excluding hydrogens is 394 g/mol. The Hall–Kier alpha value is -2.66. The molecule has 0 atom stereocenters. The van der Waals surface area contributed by atoms with E-state index in [0.717, 1.165) is 32.5 Å². The van der Waals surface area contributed by atoms with E-state index in [1.165, 1.54) is 0 Å². The summed E-state index contributed by atoms with van der Waals surface area (Å²) in [5.41, 5.74) is 3.89. The second-order valence-electron chi connectivity index (χ2n) is 6.11. The van der Waals surface area contributed by atoms with E-state index in [9.17, 15) is 4.79 Å². The molecule has 0 radical (unpaired) electrons. The largest absolute Gasteiger partial charge is 0.489 e. The number of carbonyl (C=O) groups excluding carboxylic acids is 1. The summed E-state index contributed by atoms with van der Waals surface area (Å²) >= 11 is 3.46. The highest BCUT2D eigenvalue weighted by atomic mass is 79.9. The molecular formula is C21H18BrNO3. The number of rotatable bonds is 5. The summed E-state index contributed by atoms with van der Waals surface area (Å²) in [7, 11) is 0. The molecule has 4 nitrogen and oxygen atoms in total. The van der Waals surface area contributed by atoms with Gasteiger partial charge < -0.3 is 9.47 Å². The molecule has 5 heteroatoms. The first kappa shape index (κ1) is 18.1. The Morgan fingerprint density at radius 3 is 2.65 bits per heavy atom. The van der Waals surface area contributed by atoms with Crippen molar-refractivity contribution in [2.45, 2.75) is 13.8 Å². The Balaban J connectivity index is 1.79. The Morgan fingerprint density at radius 2 is 2.00 bits per heavy atom. The van der Waals surface area contributed by atoms with E-state index in [0.29, 0.717) is 12.5 Å². The number of hydrogen-bond acceptors (Lipinski definition) is 4. The van der Waals surface area contributed by atoms with Crippen molar-refractivity contribution in [3.63, 3.8) is 0 Å². The van der Waals surface area contributed by atoms with E-state index in [1.54, 1.807) is 6.08 Å². The molecule has 2 aromatic rings. The Kier molecular flexibility index (Phi) is 5.38. The minimum absolute atomic E-state index is 0.274. The lowest BCUT2D eigenvalue weighted by atomic mass is 10.1. The molecule has 0 saturated carbocycles. The summed E-state index contributed by atoms with van der Waals surface area (Å²) in [4.78, 5) is 16.4. The van der Waals surface area contributed by atoms with Gasteiger partial charge in [0.25, 0.3) is 0 Å². The van der Waals surface area contributed by atoms with Gasteiger partial charge in [0.05, 0.1) is 0 Å². The fraction of sp³-hybridized carbons (Fsp3) is 0.143. The van der Waals surface area contributed by atoms with Crippen LogP contribution < -0.4 is 4.74 Å². The van der Waals surface area contributed by atoms with Gasteiger partial charge in [-0.3, -0.25) is 0 Å². The van der Waals surface area contributed by atoms with Crippen LogP contribution in [0.3, 0.4) is 0 Å². The second kappa shape index (κ2) is 7.70. The van der Waals surface area contributed by atoms with E-state index >= 15 is 0 Å².